The molecule has 0 bridgehead atoms. The first-order valence-electron chi connectivity index (χ1n) is 9.29. The lowest BCUT2D eigenvalue weighted by Gasteiger charge is -2.26. The van der Waals surface area contributed by atoms with E-state index < -0.39 is 0 Å². The van der Waals surface area contributed by atoms with Crippen LogP contribution < -0.4 is 4.74 Å². The third kappa shape index (κ3) is 4.19. The van der Waals surface area contributed by atoms with Gasteiger partial charge in [0.2, 0.25) is 0 Å². The van der Waals surface area contributed by atoms with E-state index in [4.69, 9.17) is 4.74 Å². The summed E-state index contributed by atoms with van der Waals surface area (Å²) in [7, 11) is 3.48. The van der Waals surface area contributed by atoms with Crippen LogP contribution in [0, 0.1) is 6.92 Å². The van der Waals surface area contributed by atoms with Gasteiger partial charge in [-0.1, -0.05) is 48.5 Å². The molecule has 144 valence electrons. The van der Waals surface area contributed by atoms with Gasteiger partial charge in [-0.2, -0.15) is 0 Å². The summed E-state index contributed by atoms with van der Waals surface area (Å²) < 4.78 is 5.44. The van der Waals surface area contributed by atoms with Crippen LogP contribution in [-0.2, 0) is 6.42 Å². The Bertz CT molecular complexity index is 957. The predicted molar refractivity (Wildman–Crippen MR) is 110 cm³/mol. The van der Waals surface area contributed by atoms with Crippen molar-refractivity contribution in [2.24, 2.45) is 0 Å². The molecule has 1 amide bonds. The van der Waals surface area contributed by atoms with Crippen molar-refractivity contribution in [3.8, 4) is 17.0 Å². The number of ether oxygens (including phenoxy) is 1. The molecule has 3 aromatic rings. The Morgan fingerprint density at radius 2 is 1.79 bits per heavy atom. The summed E-state index contributed by atoms with van der Waals surface area (Å²) in [5, 5.41) is 0. The molecule has 0 saturated heterocycles. The number of aryl methyl sites for hydroxylation is 1. The van der Waals surface area contributed by atoms with Gasteiger partial charge < -0.3 is 9.64 Å². The number of methoxy groups -OCH3 is 1. The zero-order valence-electron chi connectivity index (χ0n) is 16.7. The van der Waals surface area contributed by atoms with Crippen LogP contribution in [0.2, 0.25) is 0 Å². The van der Waals surface area contributed by atoms with Crippen molar-refractivity contribution in [1.82, 2.24) is 14.9 Å². The van der Waals surface area contributed by atoms with Crippen LogP contribution >= 0.6 is 0 Å². The second kappa shape index (κ2) is 8.65. The largest absolute Gasteiger partial charge is 0.496 e. The highest BCUT2D eigenvalue weighted by Gasteiger charge is 2.23. The minimum Gasteiger partial charge on any atom is -0.496 e. The van der Waals surface area contributed by atoms with Crippen molar-refractivity contribution >= 4 is 5.91 Å². The van der Waals surface area contributed by atoms with Crippen molar-refractivity contribution in [2.75, 3.05) is 14.2 Å². The Hall–Kier alpha value is -3.21. The number of likely N-dealkylation sites (N-methyl/N-ethyl adjacent to an activating group) is 1. The lowest BCUT2D eigenvalue weighted by molar-refractivity contribution is 0.0743. The topological polar surface area (TPSA) is 55.3 Å². The van der Waals surface area contributed by atoms with E-state index in [1.165, 1.54) is 0 Å². The molecule has 0 aliphatic heterocycles. The van der Waals surface area contributed by atoms with Gasteiger partial charge in [0.05, 0.1) is 18.4 Å². The van der Waals surface area contributed by atoms with Gasteiger partial charge in [0.15, 0.2) is 0 Å². The molecule has 0 fully saturated rings. The number of amides is 1. The fourth-order valence-corrected chi connectivity index (χ4v) is 3.16. The summed E-state index contributed by atoms with van der Waals surface area (Å²) in [6.07, 6.45) is 2.32. The van der Waals surface area contributed by atoms with Crippen molar-refractivity contribution in [3.63, 3.8) is 0 Å². The van der Waals surface area contributed by atoms with Gasteiger partial charge in [0.1, 0.15) is 11.6 Å². The van der Waals surface area contributed by atoms with Crippen LogP contribution in [0.15, 0.2) is 60.8 Å². The Morgan fingerprint density at radius 3 is 2.50 bits per heavy atom. The average Bonchev–Trinajstić information content (AvgIpc) is 2.73. The SMILES string of the molecule is COc1ccccc1C[C@H](C)N(C)C(=O)c1cnc(C)nc1-c1ccccc1. The summed E-state index contributed by atoms with van der Waals surface area (Å²) in [5.74, 6) is 1.38. The number of hydrogen-bond donors (Lipinski definition) is 0. The maximum atomic E-state index is 13.3. The molecule has 2 aromatic carbocycles. The number of aromatic nitrogens is 2. The summed E-state index contributed by atoms with van der Waals surface area (Å²) in [5.41, 5.74) is 3.14. The van der Waals surface area contributed by atoms with Gasteiger partial charge >= 0.3 is 0 Å². The molecule has 0 aliphatic carbocycles. The van der Waals surface area contributed by atoms with Crippen LogP contribution in [0.25, 0.3) is 11.3 Å². The van der Waals surface area contributed by atoms with Crippen LogP contribution in [0.3, 0.4) is 0 Å². The molecule has 5 heteroatoms. The lowest BCUT2D eigenvalue weighted by atomic mass is 10.0. The molecule has 0 N–H and O–H groups in total. The smallest absolute Gasteiger partial charge is 0.257 e. The van der Waals surface area contributed by atoms with E-state index in [-0.39, 0.29) is 11.9 Å². The van der Waals surface area contributed by atoms with Gasteiger partial charge in [-0.25, -0.2) is 9.97 Å². The maximum Gasteiger partial charge on any atom is 0.257 e. The van der Waals surface area contributed by atoms with E-state index in [0.29, 0.717) is 23.5 Å². The minimum atomic E-state index is -0.0961. The van der Waals surface area contributed by atoms with Crippen LogP contribution in [0.5, 0.6) is 5.75 Å². The van der Waals surface area contributed by atoms with Crippen molar-refractivity contribution in [1.29, 1.82) is 0 Å². The standard InChI is InChI=1S/C23H25N3O2/c1-16(14-19-12-8-9-13-21(19)28-4)26(3)23(27)20-15-24-17(2)25-22(20)18-10-6-5-7-11-18/h5-13,15-16H,14H2,1-4H3/t16-/m0/s1. The molecule has 1 aromatic heterocycles. The lowest BCUT2D eigenvalue weighted by Crippen LogP contribution is -2.37. The number of hydrogen-bond acceptors (Lipinski definition) is 4. The van der Waals surface area contributed by atoms with Gasteiger partial charge in [0, 0.05) is 24.8 Å². The minimum absolute atomic E-state index is 0.0197. The van der Waals surface area contributed by atoms with Gasteiger partial charge in [0.25, 0.3) is 5.91 Å². The molecule has 28 heavy (non-hydrogen) atoms. The molecule has 1 heterocycles. The van der Waals surface area contributed by atoms with Crippen LogP contribution in [0.1, 0.15) is 28.7 Å². The second-order valence-corrected chi connectivity index (χ2v) is 6.83. The Kier molecular flexibility index (Phi) is 6.04. The summed E-state index contributed by atoms with van der Waals surface area (Å²) in [4.78, 5) is 23.8. The highest BCUT2D eigenvalue weighted by molar-refractivity contribution is 5.99. The normalized spacial score (nSPS) is 11.7. The Balaban J connectivity index is 1.87. The zero-order valence-corrected chi connectivity index (χ0v) is 16.7. The number of para-hydroxylation sites is 1. The summed E-state index contributed by atoms with van der Waals surface area (Å²) in [6, 6.07) is 17.6. The predicted octanol–water partition coefficient (Wildman–Crippen LogP) is 4.16. The van der Waals surface area contributed by atoms with Gasteiger partial charge in [-0.3, -0.25) is 4.79 Å². The highest BCUT2D eigenvalue weighted by Crippen LogP contribution is 2.24. The molecular formula is C23H25N3O2. The molecule has 0 aliphatic rings. The van der Waals surface area contributed by atoms with Gasteiger partial charge in [-0.15, -0.1) is 0 Å². The summed E-state index contributed by atoms with van der Waals surface area (Å²) in [6.45, 7) is 3.86. The van der Waals surface area contributed by atoms with Gasteiger partial charge in [-0.05, 0) is 31.9 Å². The van der Waals surface area contributed by atoms with E-state index >= 15 is 0 Å². The van der Waals surface area contributed by atoms with Crippen LogP contribution in [0.4, 0.5) is 0 Å². The van der Waals surface area contributed by atoms with Crippen molar-refractivity contribution in [2.45, 2.75) is 26.3 Å². The first kappa shape index (κ1) is 19.5. The average molecular weight is 375 g/mol. The summed E-state index contributed by atoms with van der Waals surface area (Å²) >= 11 is 0. The quantitative estimate of drug-likeness (QED) is 0.649. The fourth-order valence-electron chi connectivity index (χ4n) is 3.16. The first-order valence-corrected chi connectivity index (χ1v) is 9.29. The van der Waals surface area contributed by atoms with Crippen molar-refractivity contribution < 1.29 is 9.53 Å². The molecule has 5 nitrogen and oxygen atoms in total. The Labute approximate surface area is 166 Å². The van der Waals surface area contributed by atoms with E-state index in [0.717, 1.165) is 16.9 Å². The molecule has 1 atom stereocenters. The number of carbonyl (C=O) groups is 1. The highest BCUT2D eigenvalue weighted by atomic mass is 16.5. The molecule has 0 radical (unpaired) electrons. The third-order valence-electron chi connectivity index (χ3n) is 4.88. The Morgan fingerprint density at radius 1 is 1.11 bits per heavy atom. The molecule has 0 spiro atoms. The molecule has 0 saturated carbocycles. The molecular weight excluding hydrogens is 350 g/mol. The number of nitrogens with zero attached hydrogens (tertiary/aromatic N) is 3. The maximum absolute atomic E-state index is 13.3. The van der Waals surface area contributed by atoms with E-state index in [2.05, 4.69) is 9.97 Å². The number of benzene rings is 2. The van der Waals surface area contributed by atoms with E-state index in [1.54, 1.807) is 18.2 Å². The zero-order chi connectivity index (χ0) is 20.1. The first-order chi connectivity index (χ1) is 13.5. The third-order valence-corrected chi connectivity index (χ3v) is 4.88. The molecule has 3 rings (SSSR count). The van der Waals surface area contributed by atoms with E-state index in [1.807, 2.05) is 75.5 Å². The second-order valence-electron chi connectivity index (χ2n) is 6.83. The van der Waals surface area contributed by atoms with Crippen molar-refractivity contribution in [3.05, 3.63) is 77.7 Å². The fraction of sp³-hybridized carbons (Fsp3) is 0.261. The number of carbonyl (C=O) groups excluding carboxylic acids is 1. The molecule has 0 unspecified atom stereocenters. The van der Waals surface area contributed by atoms with E-state index in [9.17, 15) is 4.79 Å². The monoisotopic (exact) mass is 375 g/mol. The number of rotatable bonds is 6. The van der Waals surface area contributed by atoms with Crippen LogP contribution in [-0.4, -0.2) is 41.0 Å².